The minimum absolute atomic E-state index is 0.0563. The zero-order chi connectivity index (χ0) is 9.97. The van der Waals surface area contributed by atoms with E-state index in [0.717, 1.165) is 30.5 Å². The Morgan fingerprint density at radius 2 is 2.50 bits per heavy atom. The number of hydrogen-bond donors (Lipinski definition) is 1. The highest BCUT2D eigenvalue weighted by atomic mass is 79.9. The smallest absolute Gasteiger partial charge is 0.317 e. The summed E-state index contributed by atoms with van der Waals surface area (Å²) >= 11 is 5.08. The van der Waals surface area contributed by atoms with Crippen molar-refractivity contribution in [3.8, 4) is 0 Å². The molecule has 1 aromatic heterocycles. The van der Waals surface area contributed by atoms with Gasteiger partial charge >= 0.3 is 6.03 Å². The summed E-state index contributed by atoms with van der Waals surface area (Å²) in [5.41, 5.74) is 0. The van der Waals surface area contributed by atoms with Crippen molar-refractivity contribution in [2.75, 3.05) is 13.1 Å². The standard InChI is InChI=1S/C9H11BrN2OS/c10-7-4-8(14-6-7)5-12-3-1-2-11-9(12)13/h4,6H,1-3,5H2,(H,11,13). The van der Waals surface area contributed by atoms with Gasteiger partial charge < -0.3 is 10.2 Å². The van der Waals surface area contributed by atoms with E-state index in [1.165, 1.54) is 4.88 Å². The number of hydrogen-bond acceptors (Lipinski definition) is 2. The van der Waals surface area contributed by atoms with Crippen molar-refractivity contribution in [1.29, 1.82) is 0 Å². The van der Waals surface area contributed by atoms with Crippen LogP contribution in [-0.4, -0.2) is 24.0 Å². The summed E-state index contributed by atoms with van der Waals surface area (Å²) in [5.74, 6) is 0. The number of nitrogens with zero attached hydrogens (tertiary/aromatic N) is 1. The van der Waals surface area contributed by atoms with Gasteiger partial charge in [-0.25, -0.2) is 4.79 Å². The molecule has 1 aliphatic rings. The molecule has 0 aromatic carbocycles. The molecule has 1 N–H and O–H groups in total. The fourth-order valence-electron chi connectivity index (χ4n) is 1.45. The Morgan fingerprint density at radius 3 is 3.14 bits per heavy atom. The fraction of sp³-hybridized carbons (Fsp3) is 0.444. The summed E-state index contributed by atoms with van der Waals surface area (Å²) in [5, 5.41) is 4.88. The quantitative estimate of drug-likeness (QED) is 0.883. The lowest BCUT2D eigenvalue weighted by Crippen LogP contribution is -2.45. The zero-order valence-electron chi connectivity index (χ0n) is 7.62. The Morgan fingerprint density at radius 1 is 1.64 bits per heavy atom. The highest BCUT2D eigenvalue weighted by Crippen LogP contribution is 2.21. The number of urea groups is 1. The molecule has 0 atom stereocenters. The molecule has 76 valence electrons. The normalized spacial score (nSPS) is 16.9. The van der Waals surface area contributed by atoms with E-state index in [0.29, 0.717) is 0 Å². The summed E-state index contributed by atoms with van der Waals surface area (Å²) in [7, 11) is 0. The van der Waals surface area contributed by atoms with Crippen molar-refractivity contribution >= 4 is 33.3 Å². The Labute approximate surface area is 95.2 Å². The van der Waals surface area contributed by atoms with E-state index < -0.39 is 0 Å². The molecule has 2 amide bonds. The predicted octanol–water partition coefficient (Wildman–Crippen LogP) is 2.43. The third kappa shape index (κ3) is 2.27. The molecule has 2 heterocycles. The van der Waals surface area contributed by atoms with Gasteiger partial charge in [-0.3, -0.25) is 0 Å². The topological polar surface area (TPSA) is 32.3 Å². The highest BCUT2D eigenvalue weighted by Gasteiger charge is 2.17. The van der Waals surface area contributed by atoms with Crippen LogP contribution in [0.25, 0.3) is 0 Å². The number of nitrogens with one attached hydrogen (secondary N) is 1. The fourth-order valence-corrected chi connectivity index (χ4v) is 2.92. The van der Waals surface area contributed by atoms with Gasteiger partial charge in [-0.15, -0.1) is 11.3 Å². The van der Waals surface area contributed by atoms with Crippen LogP contribution >= 0.6 is 27.3 Å². The van der Waals surface area contributed by atoms with Gasteiger partial charge in [0.25, 0.3) is 0 Å². The Hall–Kier alpha value is -0.550. The van der Waals surface area contributed by atoms with Crippen LogP contribution in [0.15, 0.2) is 15.9 Å². The molecule has 2 rings (SSSR count). The molecule has 14 heavy (non-hydrogen) atoms. The molecule has 5 heteroatoms. The first-order valence-electron chi connectivity index (χ1n) is 4.51. The lowest BCUT2D eigenvalue weighted by Gasteiger charge is -2.26. The van der Waals surface area contributed by atoms with Gasteiger partial charge in [0.05, 0.1) is 6.54 Å². The van der Waals surface area contributed by atoms with Crippen molar-refractivity contribution in [2.45, 2.75) is 13.0 Å². The maximum atomic E-state index is 11.4. The monoisotopic (exact) mass is 274 g/mol. The average molecular weight is 275 g/mol. The summed E-state index contributed by atoms with van der Waals surface area (Å²) in [6.45, 7) is 2.40. The molecule has 1 saturated heterocycles. The number of halogens is 1. The van der Waals surface area contributed by atoms with Gasteiger partial charge in [-0.1, -0.05) is 0 Å². The van der Waals surface area contributed by atoms with Crippen molar-refractivity contribution in [3.05, 3.63) is 20.8 Å². The lowest BCUT2D eigenvalue weighted by atomic mass is 10.3. The van der Waals surface area contributed by atoms with Crippen LogP contribution in [0.5, 0.6) is 0 Å². The van der Waals surface area contributed by atoms with Crippen molar-refractivity contribution in [1.82, 2.24) is 10.2 Å². The lowest BCUT2D eigenvalue weighted by molar-refractivity contribution is 0.184. The highest BCUT2D eigenvalue weighted by molar-refractivity contribution is 9.10. The van der Waals surface area contributed by atoms with Crippen LogP contribution in [0.4, 0.5) is 4.79 Å². The Bertz CT molecular complexity index is 339. The molecule has 0 aliphatic carbocycles. The van der Waals surface area contributed by atoms with E-state index in [9.17, 15) is 4.79 Å². The summed E-state index contributed by atoms with van der Waals surface area (Å²) < 4.78 is 1.09. The predicted molar refractivity (Wildman–Crippen MR) is 60.4 cm³/mol. The molecular formula is C9H11BrN2OS. The first-order valence-corrected chi connectivity index (χ1v) is 6.18. The molecule has 0 radical (unpaired) electrons. The molecular weight excluding hydrogens is 264 g/mol. The van der Waals surface area contributed by atoms with Gasteiger partial charge in [0.15, 0.2) is 0 Å². The Kier molecular flexibility index (Phi) is 3.08. The second kappa shape index (κ2) is 4.31. The second-order valence-electron chi connectivity index (χ2n) is 3.24. The van der Waals surface area contributed by atoms with Crippen LogP contribution in [0.1, 0.15) is 11.3 Å². The average Bonchev–Trinajstić information content (AvgIpc) is 2.56. The third-order valence-corrected chi connectivity index (χ3v) is 3.82. The minimum atomic E-state index is 0.0563. The SMILES string of the molecule is O=C1NCCCN1Cc1cc(Br)cs1. The maximum absolute atomic E-state index is 11.4. The van der Waals surface area contributed by atoms with Crippen LogP contribution in [0.2, 0.25) is 0 Å². The maximum Gasteiger partial charge on any atom is 0.317 e. The molecule has 0 spiro atoms. The van der Waals surface area contributed by atoms with Crippen LogP contribution in [0, 0.1) is 0 Å². The van der Waals surface area contributed by atoms with Gasteiger partial charge in [0.2, 0.25) is 0 Å². The van der Waals surface area contributed by atoms with E-state index >= 15 is 0 Å². The van der Waals surface area contributed by atoms with Crippen LogP contribution < -0.4 is 5.32 Å². The van der Waals surface area contributed by atoms with Crippen LogP contribution in [0.3, 0.4) is 0 Å². The van der Waals surface area contributed by atoms with Crippen molar-refractivity contribution in [2.24, 2.45) is 0 Å². The van der Waals surface area contributed by atoms with E-state index in [4.69, 9.17) is 0 Å². The first kappa shape index (κ1) is 9.98. The van der Waals surface area contributed by atoms with Gasteiger partial charge in [0, 0.05) is 27.8 Å². The van der Waals surface area contributed by atoms with Crippen molar-refractivity contribution < 1.29 is 4.79 Å². The second-order valence-corrected chi connectivity index (χ2v) is 5.15. The molecule has 3 nitrogen and oxygen atoms in total. The van der Waals surface area contributed by atoms with E-state index in [2.05, 4.69) is 27.3 Å². The molecule has 0 bridgehead atoms. The molecule has 0 saturated carbocycles. The van der Waals surface area contributed by atoms with E-state index in [-0.39, 0.29) is 6.03 Å². The molecule has 1 aromatic rings. The molecule has 0 unspecified atom stereocenters. The number of carbonyl (C=O) groups is 1. The largest absolute Gasteiger partial charge is 0.338 e. The van der Waals surface area contributed by atoms with E-state index in [1.54, 1.807) is 11.3 Å². The number of carbonyl (C=O) groups excluding carboxylic acids is 1. The summed E-state index contributed by atoms with van der Waals surface area (Å²) in [6, 6.07) is 2.12. The minimum Gasteiger partial charge on any atom is -0.338 e. The van der Waals surface area contributed by atoms with E-state index in [1.807, 2.05) is 10.3 Å². The number of amides is 2. The number of thiophene rings is 1. The molecule has 1 fully saturated rings. The zero-order valence-corrected chi connectivity index (χ0v) is 10.0. The summed E-state index contributed by atoms with van der Waals surface area (Å²) in [6.07, 6.45) is 1.04. The number of rotatable bonds is 2. The third-order valence-electron chi connectivity index (χ3n) is 2.14. The molecule has 1 aliphatic heterocycles. The van der Waals surface area contributed by atoms with Gasteiger partial charge in [-0.2, -0.15) is 0 Å². The Balaban J connectivity index is 1.99. The van der Waals surface area contributed by atoms with Crippen molar-refractivity contribution in [3.63, 3.8) is 0 Å². The first-order chi connectivity index (χ1) is 6.75. The van der Waals surface area contributed by atoms with Crippen LogP contribution in [-0.2, 0) is 6.54 Å². The van der Waals surface area contributed by atoms with Gasteiger partial charge in [0.1, 0.15) is 0 Å². The summed E-state index contributed by atoms with van der Waals surface area (Å²) in [4.78, 5) is 14.5. The van der Waals surface area contributed by atoms with Gasteiger partial charge in [-0.05, 0) is 28.4 Å².